The second-order valence-electron chi connectivity index (χ2n) is 3.66. The molecule has 0 aromatic heterocycles. The smallest absolute Gasteiger partial charge is 0.375 e. The summed E-state index contributed by atoms with van der Waals surface area (Å²) in [6.07, 6.45) is -9.85. The van der Waals surface area contributed by atoms with Crippen LogP contribution < -0.4 is 16.2 Å². The highest BCUT2D eigenvalue weighted by atomic mass is 32.1. The molecule has 0 heterocycles. The summed E-state index contributed by atoms with van der Waals surface area (Å²) in [4.78, 5) is 0. The van der Waals surface area contributed by atoms with Crippen molar-refractivity contribution in [2.24, 2.45) is 5.73 Å². The van der Waals surface area contributed by atoms with Gasteiger partial charge in [0.2, 0.25) is 0 Å². The Morgan fingerprint density at radius 3 is 1.70 bits per heavy atom. The zero-order chi connectivity index (χ0) is 15.7. The zero-order valence-corrected chi connectivity index (χ0v) is 10.7. The summed E-state index contributed by atoms with van der Waals surface area (Å²) in [6.45, 7) is 0. The number of hydrogen-bond donors (Lipinski definition) is 2. The molecule has 0 saturated carbocycles. The van der Waals surface area contributed by atoms with Gasteiger partial charge < -0.3 is 5.73 Å². The fraction of sp³-hybridized carbons (Fsp3) is 0.300. The number of hydrogen-bond acceptors (Lipinski definition) is 2. The van der Waals surface area contributed by atoms with E-state index in [4.69, 9.17) is 5.73 Å². The van der Waals surface area contributed by atoms with Crippen molar-refractivity contribution < 1.29 is 26.3 Å². The van der Waals surface area contributed by atoms with Gasteiger partial charge in [-0.1, -0.05) is 0 Å². The molecule has 0 atom stereocenters. The zero-order valence-electron chi connectivity index (χ0n) is 9.93. The number of hydrazine groups is 1. The first-order chi connectivity index (χ1) is 8.96. The number of nitrogens with zero attached hydrogens (tertiary/aromatic N) is 1. The normalized spacial score (nSPS) is 12.3. The Labute approximate surface area is 115 Å². The fourth-order valence-electron chi connectivity index (χ4n) is 1.43. The molecule has 1 aromatic rings. The van der Waals surface area contributed by atoms with Crippen molar-refractivity contribution in [3.8, 4) is 0 Å². The topological polar surface area (TPSA) is 41.3 Å². The first-order valence-electron chi connectivity index (χ1n) is 5.03. The second kappa shape index (κ2) is 5.44. The van der Waals surface area contributed by atoms with Crippen molar-refractivity contribution in [2.75, 3.05) is 12.1 Å². The van der Waals surface area contributed by atoms with Crippen LogP contribution in [0.15, 0.2) is 18.2 Å². The molecule has 0 bridgehead atoms. The molecule has 0 saturated heterocycles. The van der Waals surface area contributed by atoms with Gasteiger partial charge >= 0.3 is 12.4 Å². The largest absolute Gasteiger partial charge is 0.416 e. The van der Waals surface area contributed by atoms with E-state index in [2.05, 4.69) is 17.6 Å². The Balaban J connectivity index is 3.49. The number of halogens is 6. The average molecular weight is 317 g/mol. The van der Waals surface area contributed by atoms with Crippen molar-refractivity contribution in [3.05, 3.63) is 29.3 Å². The summed E-state index contributed by atoms with van der Waals surface area (Å²) >= 11 is 4.55. The molecular formula is C10H9F6N3S. The number of alkyl halides is 6. The molecule has 112 valence electrons. The highest BCUT2D eigenvalue weighted by Gasteiger charge is 2.37. The van der Waals surface area contributed by atoms with Crippen molar-refractivity contribution in [1.29, 1.82) is 0 Å². The van der Waals surface area contributed by atoms with Crippen molar-refractivity contribution in [2.45, 2.75) is 12.4 Å². The van der Waals surface area contributed by atoms with Crippen LogP contribution in [-0.2, 0) is 12.4 Å². The molecule has 1 aromatic carbocycles. The van der Waals surface area contributed by atoms with Crippen LogP contribution in [0.4, 0.5) is 32.0 Å². The number of nitrogens with two attached hydrogens (primary N) is 1. The number of benzene rings is 1. The Bertz CT molecular complexity index is 478. The van der Waals surface area contributed by atoms with Crippen LogP contribution in [0.25, 0.3) is 0 Å². The Hall–Kier alpha value is -1.55. The van der Waals surface area contributed by atoms with E-state index in [9.17, 15) is 26.3 Å². The third-order valence-corrected chi connectivity index (χ3v) is 2.46. The highest BCUT2D eigenvalue weighted by Crippen LogP contribution is 2.38. The standard InChI is InChI=1S/C10H9F6N3S/c1-18-19(8(17)20)7-3-5(9(11,12)13)2-6(4-7)10(14,15)16/h2-4,18H,1H3,(H2,17,20). The quantitative estimate of drug-likeness (QED) is 0.500. The lowest BCUT2D eigenvalue weighted by Crippen LogP contribution is -2.44. The predicted octanol–water partition coefficient (Wildman–Crippen LogP) is 2.91. The molecular weight excluding hydrogens is 308 g/mol. The lowest BCUT2D eigenvalue weighted by molar-refractivity contribution is -0.143. The Kier molecular flexibility index (Phi) is 4.49. The summed E-state index contributed by atoms with van der Waals surface area (Å²) in [7, 11) is 1.26. The van der Waals surface area contributed by atoms with Gasteiger partial charge in [0.25, 0.3) is 0 Å². The van der Waals surface area contributed by atoms with Crippen molar-refractivity contribution >= 4 is 23.0 Å². The van der Waals surface area contributed by atoms with E-state index in [1.807, 2.05) is 0 Å². The van der Waals surface area contributed by atoms with Gasteiger partial charge in [0, 0.05) is 7.05 Å². The molecule has 10 heteroatoms. The molecule has 20 heavy (non-hydrogen) atoms. The lowest BCUT2D eigenvalue weighted by atomic mass is 10.1. The third kappa shape index (κ3) is 3.73. The van der Waals surface area contributed by atoms with Crippen molar-refractivity contribution in [3.63, 3.8) is 0 Å². The Morgan fingerprint density at radius 2 is 1.45 bits per heavy atom. The summed E-state index contributed by atoms with van der Waals surface area (Å²) in [6, 6.07) is 1.06. The average Bonchev–Trinajstić information content (AvgIpc) is 2.26. The minimum atomic E-state index is -4.92. The minimum absolute atomic E-state index is 0.0247. The summed E-state index contributed by atoms with van der Waals surface area (Å²) in [5.74, 6) is 0. The second-order valence-corrected chi connectivity index (χ2v) is 4.08. The lowest BCUT2D eigenvalue weighted by Gasteiger charge is -2.23. The summed E-state index contributed by atoms with van der Waals surface area (Å²) in [5, 5.41) is 0.319. The molecule has 0 fully saturated rings. The van der Waals surface area contributed by atoms with Gasteiger partial charge in [-0.3, -0.25) is 5.01 Å². The summed E-state index contributed by atoms with van der Waals surface area (Å²) in [5.41, 5.74) is 4.19. The molecule has 0 unspecified atom stereocenters. The number of nitrogens with one attached hydrogen (secondary N) is 1. The molecule has 0 aliphatic rings. The van der Waals surface area contributed by atoms with Gasteiger partial charge in [0.15, 0.2) is 5.11 Å². The van der Waals surface area contributed by atoms with Crippen LogP contribution >= 0.6 is 12.2 Å². The minimum Gasteiger partial charge on any atom is -0.375 e. The van der Waals surface area contributed by atoms with Crippen molar-refractivity contribution in [1.82, 2.24) is 5.43 Å². The third-order valence-electron chi connectivity index (χ3n) is 2.27. The number of rotatable bonds is 2. The molecule has 0 amide bonds. The molecule has 3 nitrogen and oxygen atoms in total. The van der Waals surface area contributed by atoms with Crippen LogP contribution in [0.2, 0.25) is 0 Å². The SMILES string of the molecule is CNN(C(N)=S)c1cc(C(F)(F)F)cc(C(F)(F)F)c1. The molecule has 0 aliphatic carbocycles. The van der Waals surface area contributed by atoms with Gasteiger partial charge in [0.05, 0.1) is 16.8 Å². The first-order valence-corrected chi connectivity index (χ1v) is 5.44. The maximum absolute atomic E-state index is 12.6. The molecule has 3 N–H and O–H groups in total. The van der Waals surface area contributed by atoms with E-state index < -0.39 is 34.3 Å². The van der Waals surface area contributed by atoms with Gasteiger partial charge in [-0.15, -0.1) is 0 Å². The predicted molar refractivity (Wildman–Crippen MR) is 64.8 cm³/mol. The van der Waals surface area contributed by atoms with Crippen LogP contribution in [0.5, 0.6) is 0 Å². The number of thiocarbonyl (C=S) groups is 1. The molecule has 0 spiro atoms. The van der Waals surface area contributed by atoms with Crippen LogP contribution in [0.3, 0.4) is 0 Å². The van der Waals surface area contributed by atoms with Gasteiger partial charge in [-0.05, 0) is 30.4 Å². The highest BCUT2D eigenvalue weighted by molar-refractivity contribution is 7.80. The fourth-order valence-corrected chi connectivity index (χ4v) is 1.63. The van der Waals surface area contributed by atoms with E-state index in [1.54, 1.807) is 0 Å². The Morgan fingerprint density at radius 1 is 1.05 bits per heavy atom. The molecule has 0 aliphatic heterocycles. The van der Waals surface area contributed by atoms with E-state index in [0.29, 0.717) is 12.1 Å². The monoisotopic (exact) mass is 317 g/mol. The van der Waals surface area contributed by atoms with Gasteiger partial charge in [0.1, 0.15) is 0 Å². The van der Waals surface area contributed by atoms with Crippen LogP contribution in [0, 0.1) is 0 Å². The van der Waals surface area contributed by atoms with Gasteiger partial charge in [-0.25, -0.2) is 5.43 Å². The summed E-state index contributed by atoms with van der Waals surface area (Å²) < 4.78 is 75.8. The van der Waals surface area contributed by atoms with E-state index in [1.165, 1.54) is 7.05 Å². The van der Waals surface area contributed by atoms with E-state index in [0.717, 1.165) is 5.01 Å². The van der Waals surface area contributed by atoms with E-state index >= 15 is 0 Å². The van der Waals surface area contributed by atoms with Crippen LogP contribution in [0.1, 0.15) is 11.1 Å². The molecule has 1 rings (SSSR count). The van der Waals surface area contributed by atoms with E-state index in [-0.39, 0.29) is 6.07 Å². The maximum atomic E-state index is 12.6. The first kappa shape index (κ1) is 16.5. The maximum Gasteiger partial charge on any atom is 0.416 e. The van der Waals surface area contributed by atoms with Gasteiger partial charge in [-0.2, -0.15) is 26.3 Å². The molecule has 0 radical (unpaired) electrons. The number of anilines is 1. The van der Waals surface area contributed by atoms with Crippen LogP contribution in [-0.4, -0.2) is 12.2 Å².